The Hall–Kier alpha value is -3.01. The highest BCUT2D eigenvalue weighted by atomic mass is 16.6. The molecule has 0 spiro atoms. The normalized spacial score (nSPS) is 10.1. The van der Waals surface area contributed by atoms with Crippen molar-refractivity contribution >= 4 is 11.8 Å². The molecule has 104 valence electrons. The van der Waals surface area contributed by atoms with E-state index < -0.39 is 6.09 Å². The first-order valence-corrected chi connectivity index (χ1v) is 6.58. The molecule has 0 radical (unpaired) electrons. The summed E-state index contributed by atoms with van der Waals surface area (Å²) in [6.07, 6.45) is 3.42. The van der Waals surface area contributed by atoms with E-state index in [1.165, 1.54) is 0 Å². The monoisotopic (exact) mass is 278 g/mol. The molecule has 0 saturated heterocycles. The Bertz CT molecular complexity index is 704. The van der Waals surface area contributed by atoms with E-state index in [1.54, 1.807) is 12.1 Å². The fourth-order valence-electron chi connectivity index (χ4n) is 1.96. The minimum absolute atomic E-state index is 0.505. The predicted molar refractivity (Wildman–Crippen MR) is 81.9 cm³/mol. The zero-order valence-corrected chi connectivity index (χ0v) is 11.3. The van der Waals surface area contributed by atoms with Gasteiger partial charge in [0.2, 0.25) is 0 Å². The average molecular weight is 278 g/mol. The van der Waals surface area contributed by atoms with Crippen LogP contribution in [0.2, 0.25) is 0 Å². The van der Waals surface area contributed by atoms with Crippen LogP contribution in [0.1, 0.15) is 0 Å². The van der Waals surface area contributed by atoms with Crippen LogP contribution in [0.25, 0.3) is 5.69 Å². The van der Waals surface area contributed by atoms with Crippen LogP contribution < -0.4 is 10.1 Å². The molecule has 21 heavy (non-hydrogen) atoms. The van der Waals surface area contributed by atoms with Crippen molar-refractivity contribution < 1.29 is 9.53 Å². The summed E-state index contributed by atoms with van der Waals surface area (Å²) in [6.45, 7) is 0. The standard InChI is InChI=1S/C17H14N2O2/c20-17(21-16-6-2-1-3-7-16)18-14-8-10-15(11-9-14)19-12-4-5-13-19/h1-13H,(H,18,20). The number of amides is 1. The number of hydrogen-bond donors (Lipinski definition) is 1. The van der Waals surface area contributed by atoms with Crippen LogP contribution in [0, 0.1) is 0 Å². The number of rotatable bonds is 3. The lowest BCUT2D eigenvalue weighted by molar-refractivity contribution is 0.215. The molecule has 1 N–H and O–H groups in total. The van der Waals surface area contributed by atoms with E-state index in [1.807, 2.05) is 71.6 Å². The largest absolute Gasteiger partial charge is 0.417 e. The van der Waals surface area contributed by atoms with Gasteiger partial charge in [0.1, 0.15) is 5.75 Å². The van der Waals surface area contributed by atoms with Gasteiger partial charge in [-0.3, -0.25) is 5.32 Å². The van der Waals surface area contributed by atoms with E-state index in [0.29, 0.717) is 11.4 Å². The first-order valence-electron chi connectivity index (χ1n) is 6.58. The Morgan fingerprint density at radius 1 is 0.857 bits per heavy atom. The van der Waals surface area contributed by atoms with E-state index in [4.69, 9.17) is 4.74 Å². The van der Waals surface area contributed by atoms with Gasteiger partial charge in [-0.2, -0.15) is 0 Å². The Kier molecular flexibility index (Phi) is 3.69. The fraction of sp³-hybridized carbons (Fsp3) is 0. The maximum atomic E-state index is 11.8. The van der Waals surface area contributed by atoms with E-state index in [-0.39, 0.29) is 0 Å². The van der Waals surface area contributed by atoms with Gasteiger partial charge in [-0.15, -0.1) is 0 Å². The van der Waals surface area contributed by atoms with Gasteiger partial charge in [0.05, 0.1) is 0 Å². The lowest BCUT2D eigenvalue weighted by atomic mass is 10.3. The van der Waals surface area contributed by atoms with Crippen molar-refractivity contribution in [2.24, 2.45) is 0 Å². The van der Waals surface area contributed by atoms with E-state index in [0.717, 1.165) is 5.69 Å². The summed E-state index contributed by atoms with van der Waals surface area (Å²) < 4.78 is 7.16. The molecule has 1 aromatic heterocycles. The lowest BCUT2D eigenvalue weighted by Gasteiger charge is -2.08. The molecule has 2 aromatic carbocycles. The van der Waals surface area contributed by atoms with Crippen LogP contribution in [0.5, 0.6) is 5.75 Å². The second-order valence-corrected chi connectivity index (χ2v) is 4.46. The molecule has 0 atom stereocenters. The predicted octanol–water partition coefficient (Wildman–Crippen LogP) is 4.09. The molecule has 4 heteroatoms. The summed E-state index contributed by atoms with van der Waals surface area (Å²) in [5.74, 6) is 0.513. The number of carbonyl (C=O) groups excluding carboxylic acids is 1. The smallest absolute Gasteiger partial charge is 0.410 e. The Morgan fingerprint density at radius 3 is 2.19 bits per heavy atom. The van der Waals surface area contributed by atoms with Gasteiger partial charge in [0.15, 0.2) is 0 Å². The number of benzene rings is 2. The Balaban J connectivity index is 1.64. The van der Waals surface area contributed by atoms with Crippen molar-refractivity contribution in [3.8, 4) is 11.4 Å². The van der Waals surface area contributed by atoms with Crippen LogP contribution >= 0.6 is 0 Å². The van der Waals surface area contributed by atoms with Crippen molar-refractivity contribution in [1.82, 2.24) is 4.57 Å². The van der Waals surface area contributed by atoms with Gasteiger partial charge >= 0.3 is 6.09 Å². The molecule has 0 saturated carbocycles. The first kappa shape index (κ1) is 13.0. The molecule has 0 aliphatic rings. The minimum atomic E-state index is -0.505. The quantitative estimate of drug-likeness (QED) is 0.784. The maximum Gasteiger partial charge on any atom is 0.417 e. The minimum Gasteiger partial charge on any atom is -0.410 e. The molecule has 1 amide bonds. The SMILES string of the molecule is O=C(Nc1ccc(-n2cccc2)cc1)Oc1ccccc1. The third kappa shape index (κ3) is 3.30. The summed E-state index contributed by atoms with van der Waals surface area (Å²) in [4.78, 5) is 11.8. The number of aromatic nitrogens is 1. The molecular weight excluding hydrogens is 264 g/mol. The number of nitrogens with one attached hydrogen (secondary N) is 1. The second-order valence-electron chi connectivity index (χ2n) is 4.46. The highest BCUT2D eigenvalue weighted by molar-refractivity contribution is 5.86. The lowest BCUT2D eigenvalue weighted by Crippen LogP contribution is -2.16. The summed E-state index contributed by atoms with van der Waals surface area (Å²) >= 11 is 0. The van der Waals surface area contributed by atoms with Gasteiger partial charge in [-0.25, -0.2) is 4.79 Å². The van der Waals surface area contributed by atoms with Crippen molar-refractivity contribution in [3.63, 3.8) is 0 Å². The first-order chi connectivity index (χ1) is 10.3. The Labute approximate surface area is 122 Å². The number of ether oxygens (including phenoxy) is 1. The van der Waals surface area contributed by atoms with Crippen molar-refractivity contribution in [2.75, 3.05) is 5.32 Å². The molecule has 0 bridgehead atoms. The molecule has 4 nitrogen and oxygen atoms in total. The zero-order valence-electron chi connectivity index (χ0n) is 11.3. The number of nitrogens with zero attached hydrogens (tertiary/aromatic N) is 1. The summed E-state index contributed by atoms with van der Waals surface area (Å²) in [5, 5.41) is 2.69. The van der Waals surface area contributed by atoms with E-state index >= 15 is 0 Å². The van der Waals surface area contributed by atoms with Gasteiger partial charge < -0.3 is 9.30 Å². The topological polar surface area (TPSA) is 43.3 Å². The summed E-state index contributed by atoms with van der Waals surface area (Å²) in [7, 11) is 0. The molecular formula is C17H14N2O2. The number of hydrogen-bond acceptors (Lipinski definition) is 2. The van der Waals surface area contributed by atoms with Crippen molar-refractivity contribution in [3.05, 3.63) is 79.1 Å². The van der Waals surface area contributed by atoms with Crippen LogP contribution in [0.3, 0.4) is 0 Å². The number of anilines is 1. The molecule has 0 unspecified atom stereocenters. The highest BCUT2D eigenvalue weighted by Crippen LogP contribution is 2.15. The maximum absolute atomic E-state index is 11.8. The van der Waals surface area contributed by atoms with Gasteiger partial charge in [-0.05, 0) is 48.5 Å². The number of carbonyl (C=O) groups is 1. The summed E-state index contributed by atoms with van der Waals surface area (Å²) in [6, 6.07) is 20.4. The summed E-state index contributed by atoms with van der Waals surface area (Å²) in [5.41, 5.74) is 1.72. The van der Waals surface area contributed by atoms with Gasteiger partial charge in [0.25, 0.3) is 0 Å². The van der Waals surface area contributed by atoms with Crippen LogP contribution in [-0.2, 0) is 0 Å². The number of para-hydroxylation sites is 1. The third-order valence-corrected chi connectivity index (χ3v) is 2.97. The fourth-order valence-corrected chi connectivity index (χ4v) is 1.96. The van der Waals surface area contributed by atoms with Crippen molar-refractivity contribution in [1.29, 1.82) is 0 Å². The molecule has 0 fully saturated rings. The van der Waals surface area contributed by atoms with Gasteiger partial charge in [0, 0.05) is 23.8 Å². The molecule has 3 aromatic rings. The highest BCUT2D eigenvalue weighted by Gasteiger charge is 2.04. The molecule has 1 heterocycles. The van der Waals surface area contributed by atoms with Crippen LogP contribution in [-0.4, -0.2) is 10.7 Å². The Morgan fingerprint density at radius 2 is 1.52 bits per heavy atom. The van der Waals surface area contributed by atoms with E-state index in [2.05, 4.69) is 5.32 Å². The molecule has 0 aliphatic carbocycles. The second kappa shape index (κ2) is 5.96. The molecule has 3 rings (SSSR count). The van der Waals surface area contributed by atoms with Crippen LogP contribution in [0.15, 0.2) is 79.1 Å². The van der Waals surface area contributed by atoms with Crippen molar-refractivity contribution in [2.45, 2.75) is 0 Å². The average Bonchev–Trinajstić information content (AvgIpc) is 3.03. The molecule has 0 aliphatic heterocycles. The third-order valence-electron chi connectivity index (χ3n) is 2.97. The van der Waals surface area contributed by atoms with Crippen LogP contribution in [0.4, 0.5) is 10.5 Å². The zero-order chi connectivity index (χ0) is 14.5. The van der Waals surface area contributed by atoms with E-state index in [9.17, 15) is 4.79 Å². The van der Waals surface area contributed by atoms with Gasteiger partial charge in [-0.1, -0.05) is 18.2 Å².